The van der Waals surface area contributed by atoms with Gasteiger partial charge in [0, 0.05) is 5.56 Å². The lowest BCUT2D eigenvalue weighted by Crippen LogP contribution is -2.13. The molecule has 0 saturated heterocycles. The molecule has 3 N–H and O–H groups in total. The van der Waals surface area contributed by atoms with Crippen molar-refractivity contribution >= 4 is 11.9 Å². The Hall–Kier alpha value is -3.22. The number of aromatic hydroxyl groups is 3. The van der Waals surface area contributed by atoms with Crippen LogP contribution in [0.4, 0.5) is 0 Å². The van der Waals surface area contributed by atoms with Crippen LogP contribution in [0.25, 0.3) is 0 Å². The zero-order valence-electron chi connectivity index (χ0n) is 11.2. The fourth-order valence-corrected chi connectivity index (χ4v) is 1.67. The highest BCUT2D eigenvalue weighted by Gasteiger charge is 2.17. The van der Waals surface area contributed by atoms with Gasteiger partial charge >= 0.3 is 11.9 Å². The van der Waals surface area contributed by atoms with Crippen LogP contribution < -0.4 is 0 Å². The van der Waals surface area contributed by atoms with E-state index >= 15 is 0 Å². The molecule has 7 nitrogen and oxygen atoms in total. The number of hydrogen-bond donors (Lipinski definition) is 3. The number of carbonyl (C=O) groups excluding carboxylic acids is 2. The molecule has 22 heavy (non-hydrogen) atoms. The van der Waals surface area contributed by atoms with Crippen molar-refractivity contribution in [3.63, 3.8) is 0 Å². The predicted octanol–water partition coefficient (Wildman–Crippen LogP) is 1.66. The van der Waals surface area contributed by atoms with Crippen LogP contribution in [0.1, 0.15) is 15.9 Å². The molecular formula is C15H12O7. The third kappa shape index (κ3) is 3.66. The number of benzene rings is 2. The van der Waals surface area contributed by atoms with Crippen molar-refractivity contribution in [2.24, 2.45) is 0 Å². The number of carbonyl (C=O) groups is 2. The molecule has 0 fully saturated rings. The van der Waals surface area contributed by atoms with E-state index in [0.717, 1.165) is 0 Å². The normalized spacial score (nSPS) is 10.0. The van der Waals surface area contributed by atoms with Gasteiger partial charge in [-0.1, -0.05) is 12.1 Å². The topological polar surface area (TPSA) is 113 Å². The van der Waals surface area contributed by atoms with Crippen molar-refractivity contribution in [1.82, 2.24) is 0 Å². The fourth-order valence-electron chi connectivity index (χ4n) is 1.67. The van der Waals surface area contributed by atoms with Crippen LogP contribution >= 0.6 is 0 Å². The van der Waals surface area contributed by atoms with Crippen LogP contribution in [-0.4, -0.2) is 27.3 Å². The number of hydrogen-bond acceptors (Lipinski definition) is 7. The third-order valence-corrected chi connectivity index (χ3v) is 2.73. The summed E-state index contributed by atoms with van der Waals surface area (Å²) in [6.45, 7) is 0. The standard InChI is InChI=1S/C15H12O7/c16-10-5-6-12(17)9(7-10)8-14(19)21-22-15(20)11-3-1-2-4-13(11)18/h1-7,16-18H,8H2. The molecule has 114 valence electrons. The molecule has 0 unspecified atom stereocenters. The summed E-state index contributed by atoms with van der Waals surface area (Å²) >= 11 is 0. The van der Waals surface area contributed by atoms with Crippen molar-refractivity contribution in [3.05, 3.63) is 53.6 Å². The molecule has 2 aromatic rings. The quantitative estimate of drug-likeness (QED) is 0.449. The maximum absolute atomic E-state index is 11.6. The van der Waals surface area contributed by atoms with Crippen molar-refractivity contribution in [2.45, 2.75) is 6.42 Å². The lowest BCUT2D eigenvalue weighted by atomic mass is 10.1. The summed E-state index contributed by atoms with van der Waals surface area (Å²) in [5, 5.41) is 28.2. The predicted molar refractivity (Wildman–Crippen MR) is 73.1 cm³/mol. The SMILES string of the molecule is O=C(Cc1cc(O)ccc1O)OOC(=O)c1ccccc1O. The van der Waals surface area contributed by atoms with Gasteiger partial charge in [0.15, 0.2) is 0 Å². The average Bonchev–Trinajstić information content (AvgIpc) is 2.49. The monoisotopic (exact) mass is 304 g/mol. The highest BCUT2D eigenvalue weighted by molar-refractivity contribution is 5.92. The molecule has 0 heterocycles. The summed E-state index contributed by atoms with van der Waals surface area (Å²) < 4.78 is 0. The maximum atomic E-state index is 11.6. The van der Waals surface area contributed by atoms with E-state index in [1.807, 2.05) is 0 Å². The van der Waals surface area contributed by atoms with Gasteiger partial charge in [-0.3, -0.25) is 0 Å². The number of para-hydroxylation sites is 1. The molecule has 7 heteroatoms. The Bertz CT molecular complexity index is 709. The Morgan fingerprint density at radius 1 is 0.909 bits per heavy atom. The molecule has 0 aliphatic rings. The zero-order valence-corrected chi connectivity index (χ0v) is 11.2. The Morgan fingerprint density at radius 2 is 1.64 bits per heavy atom. The first kappa shape index (κ1) is 15.2. The summed E-state index contributed by atoms with van der Waals surface area (Å²) in [5.41, 5.74) is -0.0425. The molecule has 0 aliphatic carbocycles. The Labute approximate surface area is 124 Å². The largest absolute Gasteiger partial charge is 0.508 e. The molecule has 0 saturated carbocycles. The number of phenols is 3. The molecule has 0 amide bonds. The molecule has 0 radical (unpaired) electrons. The van der Waals surface area contributed by atoms with Crippen molar-refractivity contribution in [3.8, 4) is 17.2 Å². The van der Waals surface area contributed by atoms with Gasteiger partial charge in [-0.15, -0.1) is 0 Å². The van der Waals surface area contributed by atoms with Gasteiger partial charge in [0.25, 0.3) is 0 Å². The van der Waals surface area contributed by atoms with Gasteiger partial charge in [-0.2, -0.15) is 0 Å². The summed E-state index contributed by atoms with van der Waals surface area (Å²) in [7, 11) is 0. The zero-order chi connectivity index (χ0) is 16.1. The minimum absolute atomic E-state index is 0.114. The second-order valence-corrected chi connectivity index (χ2v) is 4.33. The van der Waals surface area contributed by atoms with Crippen LogP contribution in [0.3, 0.4) is 0 Å². The number of rotatable bonds is 3. The highest BCUT2D eigenvalue weighted by atomic mass is 17.2. The van der Waals surface area contributed by atoms with E-state index in [-0.39, 0.29) is 28.4 Å². The molecule has 0 aromatic heterocycles. The van der Waals surface area contributed by atoms with Crippen LogP contribution in [0, 0.1) is 0 Å². The Kier molecular flexibility index (Phi) is 4.47. The number of phenolic OH excluding ortho intramolecular Hbond substituents is 3. The van der Waals surface area contributed by atoms with E-state index in [1.54, 1.807) is 0 Å². The Balaban J connectivity index is 1.94. The van der Waals surface area contributed by atoms with Gasteiger partial charge in [0.1, 0.15) is 22.8 Å². The summed E-state index contributed by atoms with van der Waals surface area (Å²) in [4.78, 5) is 31.8. The van der Waals surface area contributed by atoms with Gasteiger partial charge in [-0.05, 0) is 30.3 Å². The summed E-state index contributed by atoms with van der Waals surface area (Å²) in [6.07, 6.45) is -0.408. The molecule has 2 rings (SSSR count). The van der Waals surface area contributed by atoms with Crippen LogP contribution in [-0.2, 0) is 21.0 Å². The van der Waals surface area contributed by atoms with Crippen molar-refractivity contribution in [2.75, 3.05) is 0 Å². The smallest absolute Gasteiger partial charge is 0.390 e. The van der Waals surface area contributed by atoms with Crippen LogP contribution in [0.15, 0.2) is 42.5 Å². The molecular weight excluding hydrogens is 292 g/mol. The minimum Gasteiger partial charge on any atom is -0.508 e. The lowest BCUT2D eigenvalue weighted by Gasteiger charge is -2.06. The molecule has 2 aromatic carbocycles. The lowest BCUT2D eigenvalue weighted by molar-refractivity contribution is -0.233. The van der Waals surface area contributed by atoms with Gasteiger partial charge in [-0.25, -0.2) is 19.4 Å². The summed E-state index contributed by atoms with van der Waals surface area (Å²) in [6, 6.07) is 9.25. The second kappa shape index (κ2) is 6.49. The van der Waals surface area contributed by atoms with E-state index in [1.165, 1.54) is 42.5 Å². The maximum Gasteiger partial charge on any atom is 0.390 e. The highest BCUT2D eigenvalue weighted by Crippen LogP contribution is 2.23. The van der Waals surface area contributed by atoms with Gasteiger partial charge < -0.3 is 15.3 Å². The van der Waals surface area contributed by atoms with Crippen LogP contribution in [0.5, 0.6) is 17.2 Å². The molecule has 0 atom stereocenters. The van der Waals surface area contributed by atoms with Gasteiger partial charge in [0.2, 0.25) is 0 Å². The van der Waals surface area contributed by atoms with E-state index in [4.69, 9.17) is 0 Å². The van der Waals surface area contributed by atoms with Crippen molar-refractivity contribution in [1.29, 1.82) is 0 Å². The van der Waals surface area contributed by atoms with E-state index < -0.39 is 18.4 Å². The van der Waals surface area contributed by atoms with E-state index in [0.29, 0.717) is 0 Å². The third-order valence-electron chi connectivity index (χ3n) is 2.73. The first-order valence-corrected chi connectivity index (χ1v) is 6.18. The fraction of sp³-hybridized carbons (Fsp3) is 0.0667. The molecule has 0 aliphatic heterocycles. The first-order valence-electron chi connectivity index (χ1n) is 6.18. The van der Waals surface area contributed by atoms with E-state index in [9.17, 15) is 24.9 Å². The van der Waals surface area contributed by atoms with E-state index in [2.05, 4.69) is 9.78 Å². The first-order chi connectivity index (χ1) is 10.5. The van der Waals surface area contributed by atoms with Gasteiger partial charge in [0.05, 0.1) is 6.42 Å². The van der Waals surface area contributed by atoms with Crippen LogP contribution in [0.2, 0.25) is 0 Å². The van der Waals surface area contributed by atoms with Crippen molar-refractivity contribution < 1.29 is 34.7 Å². The summed E-state index contributed by atoms with van der Waals surface area (Å²) in [5.74, 6) is -2.64. The second-order valence-electron chi connectivity index (χ2n) is 4.33. The molecule has 0 spiro atoms. The minimum atomic E-state index is -1.04. The Morgan fingerprint density at radius 3 is 2.36 bits per heavy atom. The molecule has 0 bridgehead atoms. The average molecular weight is 304 g/mol.